The van der Waals surface area contributed by atoms with E-state index in [1.165, 1.54) is 0 Å². The predicted octanol–water partition coefficient (Wildman–Crippen LogP) is 4.44. The minimum Gasteiger partial charge on any atom is -0.434 e. The van der Waals surface area contributed by atoms with Crippen LogP contribution in [-0.2, 0) is 4.74 Å². The lowest BCUT2D eigenvalue weighted by Crippen LogP contribution is -2.29. The lowest BCUT2D eigenvalue weighted by atomic mass is 10.2. The summed E-state index contributed by atoms with van der Waals surface area (Å²) in [6, 6.07) is 1.50. The van der Waals surface area contributed by atoms with Crippen molar-refractivity contribution in [1.82, 2.24) is 0 Å². The highest BCUT2D eigenvalue weighted by molar-refractivity contribution is 6.32. The lowest BCUT2D eigenvalue weighted by Gasteiger charge is -2.20. The number of anilines is 1. The molecule has 0 aliphatic rings. The Kier molecular flexibility index (Phi) is 6.96. The summed E-state index contributed by atoms with van der Waals surface area (Å²) in [5.74, 6) is -0.838. The van der Waals surface area contributed by atoms with Gasteiger partial charge in [-0.3, -0.25) is 4.90 Å². The number of amides is 2. The molecule has 1 aromatic rings. The number of nitrogens with zero attached hydrogens (tertiary/aromatic N) is 2. The summed E-state index contributed by atoms with van der Waals surface area (Å²) in [5, 5.41) is -0.113. The Hall–Kier alpha value is -2.15. The molecule has 2 amide bonds. The summed E-state index contributed by atoms with van der Waals surface area (Å²) in [6.45, 7) is 6.87. The third-order valence-corrected chi connectivity index (χ3v) is 2.91. The number of ether oxygens (including phenoxy) is 2. The van der Waals surface area contributed by atoms with Crippen LogP contribution in [-0.4, -0.2) is 31.0 Å². The minimum atomic E-state index is -0.969. The van der Waals surface area contributed by atoms with E-state index in [0.717, 1.165) is 17.0 Å². The van der Waals surface area contributed by atoms with Gasteiger partial charge in [-0.05, 0) is 33.8 Å². The summed E-state index contributed by atoms with van der Waals surface area (Å²) in [4.78, 5) is 28.3. The highest BCUT2D eigenvalue weighted by Crippen LogP contribution is 2.33. The van der Waals surface area contributed by atoms with Gasteiger partial charge >= 0.3 is 12.2 Å². The number of carbonyl (C=O) groups excluding carboxylic acids is 2. The van der Waals surface area contributed by atoms with Crippen LogP contribution in [0.5, 0.6) is 5.75 Å². The molecule has 0 aromatic heterocycles. The minimum absolute atomic E-state index is 0.0915. The maximum Gasteiger partial charge on any atom is 0.513 e. The van der Waals surface area contributed by atoms with Crippen molar-refractivity contribution < 1.29 is 23.5 Å². The van der Waals surface area contributed by atoms with Crippen LogP contribution in [0.4, 0.5) is 19.7 Å². The van der Waals surface area contributed by atoms with Crippen LogP contribution in [0.3, 0.4) is 0 Å². The highest BCUT2D eigenvalue weighted by Gasteiger charge is 2.21. The molecule has 0 N–H and O–H groups in total. The highest BCUT2D eigenvalue weighted by atomic mass is 35.5. The van der Waals surface area contributed by atoms with Crippen LogP contribution < -0.4 is 9.64 Å². The number of benzene rings is 1. The Morgan fingerprint density at radius 2 is 1.96 bits per heavy atom. The average Bonchev–Trinajstić information content (AvgIpc) is 2.43. The molecular formula is C15H18ClFN2O4. The van der Waals surface area contributed by atoms with Gasteiger partial charge in [0.15, 0.2) is 5.75 Å². The summed E-state index contributed by atoms with van der Waals surface area (Å²) in [6.07, 6.45) is -0.969. The lowest BCUT2D eigenvalue weighted by molar-refractivity contribution is 0.104. The molecule has 0 aliphatic heterocycles. The van der Waals surface area contributed by atoms with Crippen LogP contribution >= 0.6 is 11.6 Å². The van der Waals surface area contributed by atoms with Crippen molar-refractivity contribution in [3.8, 4) is 5.75 Å². The van der Waals surface area contributed by atoms with E-state index in [1.807, 2.05) is 0 Å². The van der Waals surface area contributed by atoms with E-state index < -0.39 is 18.0 Å². The smallest absolute Gasteiger partial charge is 0.434 e. The molecule has 0 heterocycles. The number of urea groups is 1. The summed E-state index contributed by atoms with van der Waals surface area (Å²) in [7, 11) is 0. The molecule has 126 valence electrons. The number of carbonyl (C=O) groups is 2. The summed E-state index contributed by atoms with van der Waals surface area (Å²) < 4.78 is 23.7. The molecule has 0 saturated heterocycles. The second kappa shape index (κ2) is 8.47. The Morgan fingerprint density at radius 3 is 2.48 bits per heavy atom. The monoisotopic (exact) mass is 344 g/mol. The number of hydrogen-bond acceptors (Lipinski definition) is 4. The van der Waals surface area contributed by atoms with Crippen LogP contribution in [0.25, 0.3) is 0 Å². The number of aliphatic imine (C=N–C) groups is 1. The fourth-order valence-electron chi connectivity index (χ4n) is 1.70. The van der Waals surface area contributed by atoms with Gasteiger partial charge in [0, 0.05) is 18.3 Å². The quantitative estimate of drug-likeness (QED) is 0.460. The second-order valence-electron chi connectivity index (χ2n) is 4.60. The van der Waals surface area contributed by atoms with Crippen LogP contribution in [0, 0.1) is 5.82 Å². The number of hydrogen-bond donors (Lipinski definition) is 0. The molecule has 0 bridgehead atoms. The van der Waals surface area contributed by atoms with Crippen molar-refractivity contribution in [1.29, 1.82) is 0 Å². The summed E-state index contributed by atoms with van der Waals surface area (Å²) in [5.41, 5.74) is 0.442. The fourth-order valence-corrected chi connectivity index (χ4v) is 1.89. The van der Waals surface area contributed by atoms with Crippen molar-refractivity contribution in [2.75, 3.05) is 18.1 Å². The fraction of sp³-hybridized carbons (Fsp3) is 0.400. The van der Waals surface area contributed by atoms with Gasteiger partial charge in [-0.1, -0.05) is 11.6 Å². The normalized spacial score (nSPS) is 10.0. The first-order valence-electron chi connectivity index (χ1n) is 6.97. The van der Waals surface area contributed by atoms with Gasteiger partial charge in [0.2, 0.25) is 0 Å². The van der Waals surface area contributed by atoms with Crippen molar-refractivity contribution in [3.05, 3.63) is 23.0 Å². The number of halogens is 2. The molecule has 0 aliphatic carbocycles. The third-order valence-electron chi connectivity index (χ3n) is 2.61. The van der Waals surface area contributed by atoms with E-state index in [0.29, 0.717) is 5.71 Å². The molecule has 1 aromatic carbocycles. The van der Waals surface area contributed by atoms with Gasteiger partial charge in [-0.25, -0.2) is 19.0 Å². The Labute approximate surface area is 138 Å². The molecule has 0 unspecified atom stereocenters. The Balaban J connectivity index is 3.21. The van der Waals surface area contributed by atoms with E-state index in [9.17, 15) is 14.0 Å². The SMILES string of the molecule is CCOC(=O)Oc1cc(N(CC)C(=O)N=C(C)C)c(F)cc1Cl. The predicted molar refractivity (Wildman–Crippen MR) is 86.3 cm³/mol. The molecule has 0 atom stereocenters. The standard InChI is InChI=1S/C15H18ClFN2O4/c1-5-19(14(20)18-9(3)4)12-8-13(10(16)7-11(12)17)23-15(21)22-6-2/h7-8H,5-6H2,1-4H3. The molecule has 0 fully saturated rings. The van der Waals surface area contributed by atoms with Crippen LogP contribution in [0.2, 0.25) is 5.02 Å². The molecule has 0 radical (unpaired) electrons. The van der Waals surface area contributed by atoms with Crippen molar-refractivity contribution >= 4 is 35.2 Å². The average molecular weight is 345 g/mol. The molecule has 6 nitrogen and oxygen atoms in total. The van der Waals surface area contributed by atoms with Gasteiger partial charge in [0.05, 0.1) is 17.3 Å². The molecule has 23 heavy (non-hydrogen) atoms. The maximum atomic E-state index is 14.2. The van der Waals surface area contributed by atoms with Crippen LogP contribution in [0.1, 0.15) is 27.7 Å². The zero-order valence-corrected chi connectivity index (χ0v) is 14.1. The van der Waals surface area contributed by atoms with Gasteiger partial charge in [-0.15, -0.1) is 0 Å². The third kappa shape index (κ3) is 5.21. The molecule has 0 spiro atoms. The van der Waals surface area contributed by atoms with Gasteiger partial charge < -0.3 is 9.47 Å². The first-order chi connectivity index (χ1) is 10.8. The van der Waals surface area contributed by atoms with E-state index in [1.54, 1.807) is 27.7 Å². The van der Waals surface area contributed by atoms with E-state index in [-0.39, 0.29) is 29.6 Å². The zero-order chi connectivity index (χ0) is 17.6. The Bertz CT molecular complexity index is 630. The van der Waals surface area contributed by atoms with E-state index in [4.69, 9.17) is 16.3 Å². The van der Waals surface area contributed by atoms with Gasteiger partial charge in [-0.2, -0.15) is 0 Å². The van der Waals surface area contributed by atoms with Crippen molar-refractivity contribution in [2.45, 2.75) is 27.7 Å². The maximum absolute atomic E-state index is 14.2. The molecular weight excluding hydrogens is 327 g/mol. The van der Waals surface area contributed by atoms with E-state index in [2.05, 4.69) is 9.73 Å². The molecule has 0 saturated carbocycles. The molecule has 8 heteroatoms. The second-order valence-corrected chi connectivity index (χ2v) is 5.01. The first kappa shape index (κ1) is 18.9. The molecule has 1 rings (SSSR count). The Morgan fingerprint density at radius 1 is 1.30 bits per heavy atom. The van der Waals surface area contributed by atoms with Crippen LogP contribution in [0.15, 0.2) is 17.1 Å². The van der Waals surface area contributed by atoms with Gasteiger partial charge in [0.25, 0.3) is 0 Å². The zero-order valence-electron chi connectivity index (χ0n) is 13.4. The van der Waals surface area contributed by atoms with Crippen molar-refractivity contribution in [3.63, 3.8) is 0 Å². The largest absolute Gasteiger partial charge is 0.513 e. The van der Waals surface area contributed by atoms with Crippen molar-refractivity contribution in [2.24, 2.45) is 4.99 Å². The number of rotatable bonds is 4. The van der Waals surface area contributed by atoms with E-state index >= 15 is 0 Å². The topological polar surface area (TPSA) is 68.2 Å². The van der Waals surface area contributed by atoms with Gasteiger partial charge in [0.1, 0.15) is 5.82 Å². The first-order valence-corrected chi connectivity index (χ1v) is 7.34. The summed E-state index contributed by atoms with van der Waals surface area (Å²) >= 11 is 5.85.